The standard InChI is InChI=1S/C12H11Cl3O5S/c13-8-1-2-9(21(15,17)18)11(14)10(8)12(16)20-7-3-5-19-6-4-7/h1-2,7H,3-6H2. The number of ether oxygens (including phenoxy) is 2. The van der Waals surface area contributed by atoms with E-state index in [1.165, 1.54) is 6.07 Å². The van der Waals surface area contributed by atoms with Crippen LogP contribution >= 0.6 is 33.9 Å². The number of rotatable bonds is 3. The molecule has 9 heteroatoms. The molecule has 1 aliphatic heterocycles. The lowest BCUT2D eigenvalue weighted by atomic mass is 10.1. The number of benzene rings is 1. The summed E-state index contributed by atoms with van der Waals surface area (Å²) >= 11 is 11.9. The molecular formula is C12H11Cl3O5S. The average Bonchev–Trinajstić information content (AvgIpc) is 2.38. The van der Waals surface area contributed by atoms with Crippen LogP contribution < -0.4 is 0 Å². The first-order chi connectivity index (χ1) is 9.80. The molecule has 0 amide bonds. The number of carbonyl (C=O) groups excluding carboxylic acids is 1. The Balaban J connectivity index is 2.32. The monoisotopic (exact) mass is 372 g/mol. The molecule has 1 aromatic rings. The molecular weight excluding hydrogens is 363 g/mol. The quantitative estimate of drug-likeness (QED) is 0.601. The highest BCUT2D eigenvalue weighted by Crippen LogP contribution is 2.33. The predicted octanol–water partition coefficient (Wildman–Crippen LogP) is 3.26. The van der Waals surface area contributed by atoms with Crippen LogP contribution in [-0.2, 0) is 18.5 Å². The lowest BCUT2D eigenvalue weighted by Gasteiger charge is -2.22. The fourth-order valence-electron chi connectivity index (χ4n) is 1.91. The predicted molar refractivity (Wildman–Crippen MR) is 78.8 cm³/mol. The first kappa shape index (κ1) is 16.8. The summed E-state index contributed by atoms with van der Waals surface area (Å²) in [5.41, 5.74) is -0.202. The van der Waals surface area contributed by atoms with Crippen molar-refractivity contribution in [1.29, 1.82) is 0 Å². The average molecular weight is 374 g/mol. The molecule has 0 saturated carbocycles. The minimum Gasteiger partial charge on any atom is -0.459 e. The van der Waals surface area contributed by atoms with E-state index in [0.717, 1.165) is 6.07 Å². The van der Waals surface area contributed by atoms with Gasteiger partial charge in [-0.2, -0.15) is 0 Å². The molecule has 1 aromatic carbocycles. The summed E-state index contributed by atoms with van der Waals surface area (Å²) < 4.78 is 33.2. The summed E-state index contributed by atoms with van der Waals surface area (Å²) in [6, 6.07) is 2.38. The van der Waals surface area contributed by atoms with E-state index in [4.69, 9.17) is 43.4 Å². The van der Waals surface area contributed by atoms with Crippen molar-refractivity contribution in [2.24, 2.45) is 0 Å². The van der Waals surface area contributed by atoms with Gasteiger partial charge >= 0.3 is 5.97 Å². The molecule has 1 aliphatic rings. The largest absolute Gasteiger partial charge is 0.459 e. The highest BCUT2D eigenvalue weighted by atomic mass is 35.7. The molecule has 0 unspecified atom stereocenters. The minimum absolute atomic E-state index is 0.00104. The molecule has 1 fully saturated rings. The molecule has 2 rings (SSSR count). The molecule has 0 spiro atoms. The number of hydrogen-bond acceptors (Lipinski definition) is 5. The molecule has 5 nitrogen and oxygen atoms in total. The number of carbonyl (C=O) groups is 1. The van der Waals surface area contributed by atoms with E-state index in [-0.39, 0.29) is 26.6 Å². The SMILES string of the molecule is O=C(OC1CCOCC1)c1c(Cl)ccc(S(=O)(=O)Cl)c1Cl. The third-order valence-corrected chi connectivity index (χ3v) is 5.15. The second-order valence-electron chi connectivity index (χ2n) is 4.39. The van der Waals surface area contributed by atoms with Crippen LogP contribution in [0.15, 0.2) is 17.0 Å². The Morgan fingerprint density at radius 2 is 1.86 bits per heavy atom. The van der Waals surface area contributed by atoms with E-state index >= 15 is 0 Å². The Kier molecular flexibility index (Phi) is 5.38. The van der Waals surface area contributed by atoms with E-state index < -0.39 is 15.0 Å². The van der Waals surface area contributed by atoms with Gasteiger partial charge < -0.3 is 9.47 Å². The van der Waals surface area contributed by atoms with E-state index in [9.17, 15) is 13.2 Å². The van der Waals surface area contributed by atoms with E-state index in [1.807, 2.05) is 0 Å². The van der Waals surface area contributed by atoms with Crippen molar-refractivity contribution in [1.82, 2.24) is 0 Å². The second kappa shape index (κ2) is 6.71. The second-order valence-corrected chi connectivity index (χ2v) is 7.71. The van der Waals surface area contributed by atoms with Gasteiger partial charge in [0.05, 0.1) is 28.8 Å². The molecule has 1 saturated heterocycles. The van der Waals surface area contributed by atoms with Crippen molar-refractivity contribution < 1.29 is 22.7 Å². The maximum atomic E-state index is 12.2. The van der Waals surface area contributed by atoms with Crippen molar-refractivity contribution in [3.8, 4) is 0 Å². The summed E-state index contributed by atoms with van der Waals surface area (Å²) in [5, 5.41) is -0.337. The third kappa shape index (κ3) is 4.02. The summed E-state index contributed by atoms with van der Waals surface area (Å²) in [4.78, 5) is 11.8. The Morgan fingerprint density at radius 1 is 1.24 bits per heavy atom. The molecule has 0 radical (unpaired) electrons. The topological polar surface area (TPSA) is 69.7 Å². The molecule has 0 aromatic heterocycles. The van der Waals surface area contributed by atoms with Gasteiger partial charge in [0.1, 0.15) is 11.0 Å². The van der Waals surface area contributed by atoms with Gasteiger partial charge in [-0.15, -0.1) is 0 Å². The zero-order valence-corrected chi connectivity index (χ0v) is 13.7. The van der Waals surface area contributed by atoms with E-state index in [0.29, 0.717) is 26.1 Å². The van der Waals surface area contributed by atoms with Crippen LogP contribution in [0.3, 0.4) is 0 Å². The zero-order chi connectivity index (χ0) is 15.6. The maximum Gasteiger partial charge on any atom is 0.341 e. The van der Waals surface area contributed by atoms with Crippen LogP contribution in [0.2, 0.25) is 10.0 Å². The van der Waals surface area contributed by atoms with Crippen molar-refractivity contribution in [2.75, 3.05) is 13.2 Å². The number of hydrogen-bond donors (Lipinski definition) is 0. The highest BCUT2D eigenvalue weighted by Gasteiger charge is 2.27. The summed E-state index contributed by atoms with van der Waals surface area (Å²) in [7, 11) is 1.18. The van der Waals surface area contributed by atoms with E-state index in [2.05, 4.69) is 0 Å². The van der Waals surface area contributed by atoms with E-state index in [1.54, 1.807) is 0 Å². The van der Waals surface area contributed by atoms with Gasteiger partial charge in [0.2, 0.25) is 0 Å². The van der Waals surface area contributed by atoms with Gasteiger partial charge in [-0.1, -0.05) is 23.2 Å². The first-order valence-electron chi connectivity index (χ1n) is 6.02. The van der Waals surface area contributed by atoms with Gasteiger partial charge in [-0.05, 0) is 12.1 Å². The molecule has 0 N–H and O–H groups in total. The van der Waals surface area contributed by atoms with Crippen LogP contribution in [0, 0.1) is 0 Å². The first-order valence-corrected chi connectivity index (χ1v) is 9.08. The number of halogens is 3. The lowest BCUT2D eigenvalue weighted by molar-refractivity contribution is -0.0159. The fraction of sp³-hybridized carbons (Fsp3) is 0.417. The van der Waals surface area contributed by atoms with Crippen molar-refractivity contribution in [3.05, 3.63) is 27.7 Å². The summed E-state index contributed by atoms with van der Waals surface area (Å²) in [6.45, 7) is 0.991. The van der Waals surface area contributed by atoms with Gasteiger partial charge in [0.15, 0.2) is 0 Å². The Labute approximate surface area is 136 Å². The zero-order valence-electron chi connectivity index (χ0n) is 10.6. The van der Waals surface area contributed by atoms with Crippen molar-refractivity contribution >= 4 is 48.9 Å². The van der Waals surface area contributed by atoms with Crippen LogP contribution in [0.5, 0.6) is 0 Å². The molecule has 0 atom stereocenters. The smallest absolute Gasteiger partial charge is 0.341 e. The van der Waals surface area contributed by atoms with Gasteiger partial charge in [0.25, 0.3) is 9.05 Å². The molecule has 21 heavy (non-hydrogen) atoms. The van der Waals surface area contributed by atoms with Gasteiger partial charge in [0, 0.05) is 23.5 Å². The van der Waals surface area contributed by atoms with Crippen molar-refractivity contribution in [3.63, 3.8) is 0 Å². The molecule has 0 aliphatic carbocycles. The third-order valence-electron chi connectivity index (χ3n) is 2.96. The van der Waals surface area contributed by atoms with Gasteiger partial charge in [-0.25, -0.2) is 13.2 Å². The summed E-state index contributed by atoms with van der Waals surface area (Å²) in [6.07, 6.45) is 0.817. The lowest BCUT2D eigenvalue weighted by Crippen LogP contribution is -2.26. The normalized spacial score (nSPS) is 16.7. The molecule has 0 bridgehead atoms. The molecule has 1 heterocycles. The number of esters is 1. The molecule has 116 valence electrons. The summed E-state index contributed by atoms with van der Waals surface area (Å²) in [5.74, 6) is -0.779. The van der Waals surface area contributed by atoms with Crippen LogP contribution in [-0.4, -0.2) is 33.7 Å². The minimum atomic E-state index is -4.09. The Bertz CT molecular complexity index is 653. The maximum absolute atomic E-state index is 12.2. The fourth-order valence-corrected chi connectivity index (χ4v) is 3.79. The van der Waals surface area contributed by atoms with Gasteiger partial charge in [-0.3, -0.25) is 0 Å². The highest BCUT2D eigenvalue weighted by molar-refractivity contribution is 8.13. The Morgan fingerprint density at radius 3 is 2.43 bits per heavy atom. The van der Waals surface area contributed by atoms with Crippen LogP contribution in [0.4, 0.5) is 0 Å². The van der Waals surface area contributed by atoms with Crippen LogP contribution in [0.25, 0.3) is 0 Å². The Hall–Kier alpha value is -0.530. The van der Waals surface area contributed by atoms with Crippen LogP contribution in [0.1, 0.15) is 23.2 Å². The van der Waals surface area contributed by atoms with Crippen molar-refractivity contribution in [2.45, 2.75) is 23.8 Å².